The van der Waals surface area contributed by atoms with Crippen molar-refractivity contribution in [2.24, 2.45) is 0 Å². The van der Waals surface area contributed by atoms with Gasteiger partial charge in [-0.1, -0.05) is 6.07 Å². The number of pyridine rings is 1. The van der Waals surface area contributed by atoms with Gasteiger partial charge in [-0.2, -0.15) is 0 Å². The number of carbonyl (C=O) groups excluding carboxylic acids is 2. The molecular formula is C19H19N3O4. The van der Waals surface area contributed by atoms with Crippen molar-refractivity contribution in [3.8, 4) is 11.6 Å². The van der Waals surface area contributed by atoms with Crippen LogP contribution in [0.25, 0.3) is 0 Å². The Balaban J connectivity index is 1.40. The maximum atomic E-state index is 12.0. The number of nitrogens with zero attached hydrogens (tertiary/aromatic N) is 1. The van der Waals surface area contributed by atoms with Crippen molar-refractivity contribution in [3.63, 3.8) is 0 Å². The summed E-state index contributed by atoms with van der Waals surface area (Å²) in [4.78, 5) is 27.7. The van der Waals surface area contributed by atoms with Crippen molar-refractivity contribution in [3.05, 3.63) is 42.1 Å². The Morgan fingerprint density at radius 3 is 2.96 bits per heavy atom. The maximum absolute atomic E-state index is 12.0. The average Bonchev–Trinajstić information content (AvgIpc) is 3.18. The third-order valence-electron chi connectivity index (χ3n) is 4.43. The lowest BCUT2D eigenvalue weighted by atomic mass is 10.0. The minimum Gasteiger partial charge on any atom is -0.439 e. The van der Waals surface area contributed by atoms with E-state index in [2.05, 4.69) is 15.6 Å². The molecule has 134 valence electrons. The van der Waals surface area contributed by atoms with Gasteiger partial charge in [0.1, 0.15) is 11.9 Å². The summed E-state index contributed by atoms with van der Waals surface area (Å²) in [5, 5.41) is 5.64. The topological polar surface area (TPSA) is 89.5 Å². The second-order valence-corrected chi connectivity index (χ2v) is 6.35. The van der Waals surface area contributed by atoms with Crippen LogP contribution in [0, 0.1) is 0 Å². The minimum atomic E-state index is -0.378. The van der Waals surface area contributed by atoms with Crippen molar-refractivity contribution in [2.45, 2.75) is 31.8 Å². The number of benzene rings is 1. The Morgan fingerprint density at radius 2 is 2.19 bits per heavy atom. The number of aromatic nitrogens is 1. The molecule has 1 aromatic heterocycles. The zero-order chi connectivity index (χ0) is 17.9. The number of carbonyl (C=O) groups is 2. The Hall–Kier alpha value is -2.93. The number of rotatable bonds is 4. The summed E-state index contributed by atoms with van der Waals surface area (Å²) >= 11 is 0. The highest BCUT2D eigenvalue weighted by molar-refractivity contribution is 5.94. The third-order valence-corrected chi connectivity index (χ3v) is 4.43. The average molecular weight is 353 g/mol. The largest absolute Gasteiger partial charge is 0.439 e. The molecule has 7 nitrogen and oxygen atoms in total. The molecule has 2 aliphatic heterocycles. The van der Waals surface area contributed by atoms with Gasteiger partial charge in [-0.05, 0) is 37.0 Å². The Kier molecular flexibility index (Phi) is 4.53. The van der Waals surface area contributed by atoms with E-state index in [1.54, 1.807) is 24.4 Å². The molecule has 26 heavy (non-hydrogen) atoms. The molecular weight excluding hydrogens is 334 g/mol. The summed E-state index contributed by atoms with van der Waals surface area (Å²) in [6, 6.07) is 9.01. The van der Waals surface area contributed by atoms with Gasteiger partial charge in [0.15, 0.2) is 0 Å². The smallest absolute Gasteiger partial charge is 0.253 e. The number of nitrogens with one attached hydrogen (secondary N) is 2. The number of fused-ring (bicyclic) bond motifs is 1. The van der Waals surface area contributed by atoms with E-state index in [1.165, 1.54) is 0 Å². The van der Waals surface area contributed by atoms with Crippen molar-refractivity contribution in [1.29, 1.82) is 0 Å². The molecule has 0 saturated carbocycles. The van der Waals surface area contributed by atoms with E-state index in [0.717, 1.165) is 30.5 Å². The predicted molar refractivity (Wildman–Crippen MR) is 95.3 cm³/mol. The van der Waals surface area contributed by atoms with E-state index in [1.807, 2.05) is 12.1 Å². The molecule has 0 spiro atoms. The first-order valence-corrected chi connectivity index (χ1v) is 8.66. The zero-order valence-corrected chi connectivity index (χ0v) is 14.2. The fourth-order valence-electron chi connectivity index (χ4n) is 3.06. The van der Waals surface area contributed by atoms with Gasteiger partial charge >= 0.3 is 0 Å². The van der Waals surface area contributed by atoms with Crippen LogP contribution < -0.4 is 15.4 Å². The van der Waals surface area contributed by atoms with Crippen molar-refractivity contribution >= 4 is 23.2 Å². The fourth-order valence-corrected chi connectivity index (χ4v) is 3.06. The second kappa shape index (κ2) is 7.13. The predicted octanol–water partition coefficient (Wildman–Crippen LogP) is 2.88. The first kappa shape index (κ1) is 16.5. The third kappa shape index (κ3) is 3.67. The molecule has 2 aliphatic rings. The molecule has 2 aromatic rings. The number of ether oxygens (including phenoxy) is 2. The van der Waals surface area contributed by atoms with Crippen LogP contribution in [-0.2, 0) is 20.7 Å². The van der Waals surface area contributed by atoms with Crippen LogP contribution >= 0.6 is 0 Å². The molecule has 2 amide bonds. The first-order valence-electron chi connectivity index (χ1n) is 8.66. The van der Waals surface area contributed by atoms with Crippen LogP contribution in [0.2, 0.25) is 0 Å². The van der Waals surface area contributed by atoms with Gasteiger partial charge < -0.3 is 20.1 Å². The molecule has 1 atom stereocenters. The summed E-state index contributed by atoms with van der Waals surface area (Å²) in [7, 11) is 0. The highest BCUT2D eigenvalue weighted by Gasteiger charge is 2.23. The van der Waals surface area contributed by atoms with Gasteiger partial charge in [0.05, 0.1) is 11.9 Å². The van der Waals surface area contributed by atoms with Crippen LogP contribution in [0.3, 0.4) is 0 Å². The molecule has 3 heterocycles. The normalized spacial score (nSPS) is 18.8. The van der Waals surface area contributed by atoms with Crippen molar-refractivity contribution in [2.75, 3.05) is 17.2 Å². The summed E-state index contributed by atoms with van der Waals surface area (Å²) in [5.74, 6) is 0.860. The van der Waals surface area contributed by atoms with E-state index in [0.29, 0.717) is 30.3 Å². The number of aryl methyl sites for hydroxylation is 1. The van der Waals surface area contributed by atoms with Crippen LogP contribution in [0.1, 0.15) is 24.8 Å². The van der Waals surface area contributed by atoms with Crippen molar-refractivity contribution < 1.29 is 19.1 Å². The summed E-state index contributed by atoms with van der Waals surface area (Å²) in [6.45, 7) is 0.629. The molecule has 1 fully saturated rings. The molecule has 0 unspecified atom stereocenters. The molecule has 0 aliphatic carbocycles. The summed E-state index contributed by atoms with van der Waals surface area (Å²) < 4.78 is 11.1. The molecule has 0 radical (unpaired) electrons. The zero-order valence-electron chi connectivity index (χ0n) is 14.2. The van der Waals surface area contributed by atoms with Gasteiger partial charge in [-0.15, -0.1) is 0 Å². The van der Waals surface area contributed by atoms with E-state index >= 15 is 0 Å². The lowest BCUT2D eigenvalue weighted by Gasteiger charge is -2.17. The van der Waals surface area contributed by atoms with Crippen LogP contribution in [-0.4, -0.2) is 29.5 Å². The molecule has 0 bridgehead atoms. The maximum Gasteiger partial charge on any atom is 0.253 e. The van der Waals surface area contributed by atoms with E-state index in [-0.39, 0.29) is 17.9 Å². The van der Waals surface area contributed by atoms with Gasteiger partial charge in [0, 0.05) is 30.8 Å². The van der Waals surface area contributed by atoms with Gasteiger partial charge in [-0.3, -0.25) is 9.59 Å². The number of hydrogen-bond acceptors (Lipinski definition) is 5. The quantitative estimate of drug-likeness (QED) is 0.882. The molecule has 4 rings (SSSR count). The Morgan fingerprint density at radius 1 is 1.27 bits per heavy atom. The minimum absolute atomic E-state index is 0.0131. The van der Waals surface area contributed by atoms with E-state index in [9.17, 15) is 9.59 Å². The standard InChI is InChI=1S/C19H19N3O4/c23-17-7-4-12-3-6-14(10-15(12)22-17)26-18-8-5-13(11-20-18)21-19(24)16-2-1-9-25-16/h3,5-6,8,10-11,16H,1-2,4,7,9H2,(H,21,24)(H,22,23)/t16-/m0/s1. The Labute approximate surface area is 150 Å². The highest BCUT2D eigenvalue weighted by atomic mass is 16.5. The number of anilines is 2. The number of hydrogen-bond donors (Lipinski definition) is 2. The summed E-state index contributed by atoms with van der Waals surface area (Å²) in [5.41, 5.74) is 2.46. The van der Waals surface area contributed by atoms with E-state index in [4.69, 9.17) is 9.47 Å². The summed E-state index contributed by atoms with van der Waals surface area (Å²) in [6.07, 6.45) is 4.06. The van der Waals surface area contributed by atoms with Gasteiger partial charge in [0.2, 0.25) is 11.8 Å². The SMILES string of the molecule is O=C1CCc2ccc(Oc3ccc(NC(=O)[C@@H]4CCCO4)cn3)cc2N1. The van der Waals surface area contributed by atoms with Crippen LogP contribution in [0.4, 0.5) is 11.4 Å². The molecule has 1 aromatic carbocycles. The fraction of sp³-hybridized carbons (Fsp3) is 0.316. The van der Waals surface area contributed by atoms with E-state index < -0.39 is 0 Å². The lowest BCUT2D eigenvalue weighted by Crippen LogP contribution is -2.26. The molecule has 2 N–H and O–H groups in total. The highest BCUT2D eigenvalue weighted by Crippen LogP contribution is 2.29. The second-order valence-electron chi connectivity index (χ2n) is 6.35. The molecule has 7 heteroatoms. The van der Waals surface area contributed by atoms with Crippen LogP contribution in [0.15, 0.2) is 36.5 Å². The Bertz CT molecular complexity index is 829. The van der Waals surface area contributed by atoms with Gasteiger partial charge in [-0.25, -0.2) is 4.98 Å². The monoisotopic (exact) mass is 353 g/mol. The lowest BCUT2D eigenvalue weighted by molar-refractivity contribution is -0.124. The van der Waals surface area contributed by atoms with Gasteiger partial charge in [0.25, 0.3) is 5.91 Å². The first-order chi connectivity index (χ1) is 12.7. The van der Waals surface area contributed by atoms with Crippen molar-refractivity contribution in [1.82, 2.24) is 4.98 Å². The molecule has 1 saturated heterocycles. The van der Waals surface area contributed by atoms with Crippen LogP contribution in [0.5, 0.6) is 11.6 Å². The number of amides is 2.